The van der Waals surface area contributed by atoms with Crippen LogP contribution in [0.2, 0.25) is 0 Å². The summed E-state index contributed by atoms with van der Waals surface area (Å²) >= 11 is 0. The van der Waals surface area contributed by atoms with Gasteiger partial charge in [0.2, 0.25) is 0 Å². The molecule has 0 aromatic heterocycles. The van der Waals surface area contributed by atoms with Crippen LogP contribution in [0.4, 0.5) is 4.39 Å². The molecule has 1 atom stereocenters. The van der Waals surface area contributed by atoms with E-state index in [0.717, 1.165) is 13.1 Å². The van der Waals surface area contributed by atoms with Crippen LogP contribution in [0.1, 0.15) is 25.0 Å². The topological polar surface area (TPSA) is 92.9 Å². The fourth-order valence-electron chi connectivity index (χ4n) is 2.84. The third-order valence-corrected chi connectivity index (χ3v) is 4.23. The van der Waals surface area contributed by atoms with Crippen molar-refractivity contribution in [3.8, 4) is 6.07 Å². The van der Waals surface area contributed by atoms with E-state index in [-0.39, 0.29) is 30.5 Å². The summed E-state index contributed by atoms with van der Waals surface area (Å²) in [5.41, 5.74) is -0.196. The van der Waals surface area contributed by atoms with Crippen molar-refractivity contribution in [3.05, 3.63) is 35.1 Å². The van der Waals surface area contributed by atoms with Gasteiger partial charge in [-0.3, -0.25) is 4.90 Å². The van der Waals surface area contributed by atoms with Crippen molar-refractivity contribution >= 4 is 29.9 Å². The number of ether oxygens (including phenoxy) is 1. The maximum atomic E-state index is 13.9. The first-order valence-electron chi connectivity index (χ1n) is 9.16. The Balaban J connectivity index is 0.00000392. The number of rotatable bonds is 7. The van der Waals surface area contributed by atoms with Crippen molar-refractivity contribution in [2.75, 3.05) is 45.9 Å². The molecule has 9 heteroatoms. The van der Waals surface area contributed by atoms with Crippen LogP contribution in [0.5, 0.6) is 0 Å². The van der Waals surface area contributed by atoms with Gasteiger partial charge in [0.15, 0.2) is 5.96 Å². The number of aliphatic imine (C=N–C) groups is 1. The second kappa shape index (κ2) is 12.2. The highest BCUT2D eigenvalue weighted by Crippen LogP contribution is 2.11. The van der Waals surface area contributed by atoms with E-state index in [4.69, 9.17) is 10.00 Å². The molecule has 1 heterocycles. The lowest BCUT2D eigenvalue weighted by Crippen LogP contribution is -2.52. The Morgan fingerprint density at radius 3 is 2.75 bits per heavy atom. The lowest BCUT2D eigenvalue weighted by molar-refractivity contribution is -0.0201. The molecule has 0 bridgehead atoms. The number of β-amino-alcohol motifs (C(OH)–C–C–N with tert-alkyl or cyclic N) is 1. The molecule has 2 rings (SSSR count). The summed E-state index contributed by atoms with van der Waals surface area (Å²) in [6.45, 7) is 8.24. The van der Waals surface area contributed by atoms with E-state index >= 15 is 0 Å². The summed E-state index contributed by atoms with van der Waals surface area (Å²) in [6.07, 6.45) is 0. The molecule has 1 aliphatic heterocycles. The maximum Gasteiger partial charge on any atom is 0.191 e. The molecule has 1 aromatic rings. The molecule has 0 spiro atoms. The third-order valence-electron chi connectivity index (χ3n) is 4.23. The first kappa shape index (κ1) is 24.6. The van der Waals surface area contributed by atoms with Crippen LogP contribution in [-0.4, -0.2) is 67.5 Å². The number of aliphatic hydroxyl groups is 1. The highest BCUT2D eigenvalue weighted by molar-refractivity contribution is 14.0. The zero-order valence-corrected chi connectivity index (χ0v) is 18.7. The van der Waals surface area contributed by atoms with Gasteiger partial charge in [0, 0.05) is 38.3 Å². The molecule has 156 valence electrons. The molecule has 1 aliphatic rings. The van der Waals surface area contributed by atoms with Gasteiger partial charge in [-0.25, -0.2) is 9.38 Å². The van der Waals surface area contributed by atoms with Crippen molar-refractivity contribution in [2.45, 2.75) is 26.0 Å². The van der Waals surface area contributed by atoms with Crippen molar-refractivity contribution in [3.63, 3.8) is 0 Å². The van der Waals surface area contributed by atoms with Crippen LogP contribution >= 0.6 is 24.0 Å². The summed E-state index contributed by atoms with van der Waals surface area (Å²) in [5.74, 6) is 0.0921. The number of nitrogens with zero attached hydrogens (tertiary/aromatic N) is 3. The number of benzene rings is 1. The van der Waals surface area contributed by atoms with Crippen molar-refractivity contribution < 1.29 is 14.2 Å². The van der Waals surface area contributed by atoms with Crippen LogP contribution in [0.3, 0.4) is 0 Å². The van der Waals surface area contributed by atoms with E-state index < -0.39 is 11.4 Å². The van der Waals surface area contributed by atoms with Gasteiger partial charge in [0.25, 0.3) is 0 Å². The number of nitrogens with one attached hydrogen (secondary N) is 2. The second-order valence-corrected chi connectivity index (χ2v) is 6.85. The number of hydrogen-bond acceptors (Lipinski definition) is 5. The van der Waals surface area contributed by atoms with Crippen LogP contribution in [0.15, 0.2) is 23.2 Å². The molecule has 3 N–H and O–H groups in total. The zero-order chi connectivity index (χ0) is 19.7. The SMILES string of the molecule is CCNC(=NCc1cc(C#N)ccc1F)NCC(C)(O)CN1CCOCC1.I. The molecule has 1 unspecified atom stereocenters. The second-order valence-electron chi connectivity index (χ2n) is 6.85. The van der Waals surface area contributed by atoms with Gasteiger partial charge < -0.3 is 20.5 Å². The number of hydrogen-bond donors (Lipinski definition) is 3. The molecule has 0 amide bonds. The number of halogens is 2. The smallest absolute Gasteiger partial charge is 0.191 e. The van der Waals surface area contributed by atoms with Crippen LogP contribution in [0, 0.1) is 17.1 Å². The van der Waals surface area contributed by atoms with Crippen LogP contribution < -0.4 is 10.6 Å². The average Bonchev–Trinajstić information content (AvgIpc) is 2.65. The Hall–Kier alpha value is -1.48. The first-order valence-corrected chi connectivity index (χ1v) is 9.16. The summed E-state index contributed by atoms with van der Waals surface area (Å²) < 4.78 is 19.2. The van der Waals surface area contributed by atoms with Gasteiger partial charge in [0.1, 0.15) is 5.82 Å². The first-order chi connectivity index (χ1) is 12.9. The summed E-state index contributed by atoms with van der Waals surface area (Å²) in [4.78, 5) is 6.53. The molecular formula is C19H29FIN5O2. The van der Waals surface area contributed by atoms with E-state index in [0.29, 0.717) is 49.9 Å². The van der Waals surface area contributed by atoms with E-state index in [1.807, 2.05) is 13.0 Å². The predicted molar refractivity (Wildman–Crippen MR) is 117 cm³/mol. The van der Waals surface area contributed by atoms with Crippen LogP contribution in [0.25, 0.3) is 0 Å². The minimum absolute atomic E-state index is 0. The largest absolute Gasteiger partial charge is 0.387 e. The van der Waals surface area contributed by atoms with Gasteiger partial charge in [-0.1, -0.05) is 0 Å². The Morgan fingerprint density at radius 2 is 2.11 bits per heavy atom. The van der Waals surface area contributed by atoms with Crippen molar-refractivity contribution in [2.24, 2.45) is 4.99 Å². The fraction of sp³-hybridized carbons (Fsp3) is 0.579. The quantitative estimate of drug-likeness (QED) is 0.295. The minimum atomic E-state index is -0.945. The van der Waals surface area contributed by atoms with E-state index in [9.17, 15) is 9.50 Å². The maximum absolute atomic E-state index is 13.9. The van der Waals surface area contributed by atoms with Crippen molar-refractivity contribution in [1.29, 1.82) is 5.26 Å². The summed E-state index contributed by atoms with van der Waals surface area (Å²) in [6, 6.07) is 6.21. The normalized spacial score (nSPS) is 17.2. The molecule has 0 saturated carbocycles. The Bertz CT molecular complexity index is 687. The number of nitriles is 1. The average molecular weight is 505 g/mol. The van der Waals surface area contributed by atoms with Crippen molar-refractivity contribution in [1.82, 2.24) is 15.5 Å². The highest BCUT2D eigenvalue weighted by Gasteiger charge is 2.25. The molecule has 1 aromatic carbocycles. The number of morpholine rings is 1. The van der Waals surface area contributed by atoms with Gasteiger partial charge >= 0.3 is 0 Å². The Kier molecular flexibility index (Phi) is 10.7. The highest BCUT2D eigenvalue weighted by atomic mass is 127. The molecule has 28 heavy (non-hydrogen) atoms. The van der Waals surface area contributed by atoms with Gasteiger partial charge in [-0.2, -0.15) is 5.26 Å². The third kappa shape index (κ3) is 8.26. The van der Waals surface area contributed by atoms with Gasteiger partial charge in [-0.15, -0.1) is 24.0 Å². The van der Waals surface area contributed by atoms with Crippen LogP contribution in [-0.2, 0) is 11.3 Å². The van der Waals surface area contributed by atoms with Gasteiger partial charge in [-0.05, 0) is 32.0 Å². The predicted octanol–water partition coefficient (Wildman–Crippen LogP) is 1.45. The zero-order valence-electron chi connectivity index (χ0n) is 16.4. The standard InChI is InChI=1S/C19H28FN5O2.HI/c1-3-22-18(23-12-16-10-15(11-21)4-5-17(16)20)24-13-19(2,26)14-25-6-8-27-9-7-25;/h4-5,10,26H,3,6-9,12-14H2,1-2H3,(H2,22,23,24);1H. The summed E-state index contributed by atoms with van der Waals surface area (Å²) in [7, 11) is 0. The molecule has 0 aliphatic carbocycles. The van der Waals surface area contributed by atoms with Gasteiger partial charge in [0.05, 0.1) is 37.0 Å². The molecule has 0 radical (unpaired) electrons. The molecular weight excluding hydrogens is 476 g/mol. The lowest BCUT2D eigenvalue weighted by atomic mass is 10.1. The Labute approximate surface area is 183 Å². The molecule has 1 fully saturated rings. The molecule has 7 nitrogen and oxygen atoms in total. The summed E-state index contributed by atoms with van der Waals surface area (Å²) in [5, 5.41) is 25.8. The Morgan fingerprint density at radius 1 is 1.39 bits per heavy atom. The minimum Gasteiger partial charge on any atom is -0.387 e. The monoisotopic (exact) mass is 505 g/mol. The van der Waals surface area contributed by atoms with E-state index in [1.54, 1.807) is 6.92 Å². The number of guanidine groups is 1. The van der Waals surface area contributed by atoms with E-state index in [1.165, 1.54) is 18.2 Å². The van der Waals surface area contributed by atoms with E-state index in [2.05, 4.69) is 20.5 Å². The molecule has 1 saturated heterocycles. The lowest BCUT2D eigenvalue weighted by Gasteiger charge is -2.34. The fourth-order valence-corrected chi connectivity index (χ4v) is 2.84.